The van der Waals surface area contributed by atoms with Crippen LogP contribution in [0.15, 0.2) is 0 Å². The second-order valence-electron chi connectivity index (χ2n) is 4.98. The third-order valence-electron chi connectivity index (χ3n) is 2.14. The Bertz CT molecular complexity index is 132. The van der Waals surface area contributed by atoms with Gasteiger partial charge in [-0.25, -0.2) is 0 Å². The summed E-state index contributed by atoms with van der Waals surface area (Å²) in [6.07, 6.45) is 3.56. The number of rotatable bonds is 9. The van der Waals surface area contributed by atoms with E-state index in [1.165, 1.54) is 12.8 Å². The van der Waals surface area contributed by atoms with Crippen molar-refractivity contribution in [3.05, 3.63) is 0 Å². The third kappa shape index (κ3) is 13.9. The first kappa shape index (κ1) is 14.9. The monoisotopic (exact) mass is 216 g/mol. The Labute approximate surface area is 95.0 Å². The Balaban J connectivity index is 2.99. The summed E-state index contributed by atoms with van der Waals surface area (Å²) in [7, 11) is 1.76. The van der Waals surface area contributed by atoms with E-state index >= 15 is 0 Å². The first-order valence-corrected chi connectivity index (χ1v) is 6.01. The highest BCUT2D eigenvalue weighted by molar-refractivity contribution is 4.69. The maximum atomic E-state index is 4.99. The molecule has 0 aliphatic rings. The van der Waals surface area contributed by atoms with Crippen molar-refractivity contribution in [3.8, 4) is 0 Å². The van der Waals surface area contributed by atoms with Gasteiger partial charge in [-0.2, -0.15) is 0 Å². The van der Waals surface area contributed by atoms with Gasteiger partial charge in [0.2, 0.25) is 0 Å². The Kier molecular flexibility index (Phi) is 9.06. The smallest absolute Gasteiger partial charge is 0.0462 e. The number of nitrogens with one attached hydrogen (secondary N) is 2. The van der Waals surface area contributed by atoms with E-state index < -0.39 is 0 Å². The zero-order valence-electron chi connectivity index (χ0n) is 10.9. The molecule has 0 atom stereocenters. The van der Waals surface area contributed by atoms with Crippen LogP contribution in [0.1, 0.15) is 40.0 Å². The number of hydrogen-bond donors (Lipinski definition) is 2. The molecule has 0 fully saturated rings. The molecule has 0 aromatic heterocycles. The van der Waals surface area contributed by atoms with Gasteiger partial charge < -0.3 is 15.4 Å². The lowest BCUT2D eigenvalue weighted by Crippen LogP contribution is -2.37. The molecule has 0 aromatic carbocycles. The van der Waals surface area contributed by atoms with Gasteiger partial charge in [0.05, 0.1) is 0 Å². The summed E-state index contributed by atoms with van der Waals surface area (Å²) in [5.41, 5.74) is 0.248. The SMILES string of the molecule is COCCCCNCCCNC(C)(C)C. The van der Waals surface area contributed by atoms with Crippen molar-refractivity contribution in [2.75, 3.05) is 33.4 Å². The Morgan fingerprint density at radius 1 is 0.933 bits per heavy atom. The molecule has 3 heteroatoms. The largest absolute Gasteiger partial charge is 0.385 e. The maximum absolute atomic E-state index is 4.99. The Morgan fingerprint density at radius 3 is 2.20 bits per heavy atom. The van der Waals surface area contributed by atoms with Crippen molar-refractivity contribution in [3.63, 3.8) is 0 Å². The van der Waals surface area contributed by atoms with E-state index in [2.05, 4.69) is 31.4 Å². The summed E-state index contributed by atoms with van der Waals surface area (Å²) in [6.45, 7) is 10.8. The van der Waals surface area contributed by atoms with Crippen molar-refractivity contribution in [2.24, 2.45) is 0 Å². The van der Waals surface area contributed by atoms with Crippen LogP contribution >= 0.6 is 0 Å². The lowest BCUT2D eigenvalue weighted by Gasteiger charge is -2.20. The first-order chi connectivity index (χ1) is 7.06. The topological polar surface area (TPSA) is 33.3 Å². The van der Waals surface area contributed by atoms with Crippen LogP contribution in [0.3, 0.4) is 0 Å². The van der Waals surface area contributed by atoms with E-state index in [9.17, 15) is 0 Å². The van der Waals surface area contributed by atoms with Gasteiger partial charge in [0.25, 0.3) is 0 Å². The van der Waals surface area contributed by atoms with Gasteiger partial charge >= 0.3 is 0 Å². The molecule has 0 spiro atoms. The third-order valence-corrected chi connectivity index (χ3v) is 2.14. The number of ether oxygens (including phenoxy) is 1. The fourth-order valence-corrected chi connectivity index (χ4v) is 1.30. The van der Waals surface area contributed by atoms with E-state index in [-0.39, 0.29) is 5.54 Å². The number of hydrogen-bond acceptors (Lipinski definition) is 3. The van der Waals surface area contributed by atoms with E-state index in [0.29, 0.717) is 0 Å². The summed E-state index contributed by atoms with van der Waals surface area (Å²) >= 11 is 0. The molecule has 2 N–H and O–H groups in total. The van der Waals surface area contributed by atoms with E-state index in [0.717, 1.165) is 32.7 Å². The van der Waals surface area contributed by atoms with Gasteiger partial charge in [-0.15, -0.1) is 0 Å². The molecule has 15 heavy (non-hydrogen) atoms. The predicted molar refractivity (Wildman–Crippen MR) is 66.4 cm³/mol. The minimum absolute atomic E-state index is 0.248. The minimum Gasteiger partial charge on any atom is -0.385 e. The summed E-state index contributed by atoms with van der Waals surface area (Å²) in [5, 5.41) is 6.91. The summed E-state index contributed by atoms with van der Waals surface area (Å²) in [5.74, 6) is 0. The highest BCUT2D eigenvalue weighted by atomic mass is 16.5. The first-order valence-electron chi connectivity index (χ1n) is 6.01. The highest BCUT2D eigenvalue weighted by Crippen LogP contribution is 1.97. The van der Waals surface area contributed by atoms with Crippen LogP contribution in [0.4, 0.5) is 0 Å². The van der Waals surface area contributed by atoms with Gasteiger partial charge in [-0.1, -0.05) is 0 Å². The van der Waals surface area contributed by atoms with Crippen LogP contribution in [-0.2, 0) is 4.74 Å². The fourth-order valence-electron chi connectivity index (χ4n) is 1.30. The second-order valence-corrected chi connectivity index (χ2v) is 4.98. The van der Waals surface area contributed by atoms with Crippen LogP contribution in [0.2, 0.25) is 0 Å². The normalized spacial score (nSPS) is 12.0. The van der Waals surface area contributed by atoms with Crippen molar-refractivity contribution < 1.29 is 4.74 Å². The molecule has 92 valence electrons. The quantitative estimate of drug-likeness (QED) is 0.576. The molecule has 3 nitrogen and oxygen atoms in total. The van der Waals surface area contributed by atoms with Crippen molar-refractivity contribution in [1.82, 2.24) is 10.6 Å². The van der Waals surface area contributed by atoms with Gasteiger partial charge in [0, 0.05) is 19.3 Å². The number of methoxy groups -OCH3 is 1. The molecule has 0 rings (SSSR count). The molecule has 0 unspecified atom stereocenters. The molecule has 0 radical (unpaired) electrons. The summed E-state index contributed by atoms with van der Waals surface area (Å²) in [6, 6.07) is 0. The number of unbranched alkanes of at least 4 members (excludes halogenated alkanes) is 1. The molecule has 0 bridgehead atoms. The standard InChI is InChI=1S/C12H28N2O/c1-12(2,3)14-10-7-9-13-8-5-6-11-15-4/h13-14H,5-11H2,1-4H3. The predicted octanol–water partition coefficient (Wildman–Crippen LogP) is 1.78. The van der Waals surface area contributed by atoms with Crippen LogP contribution in [0.5, 0.6) is 0 Å². The molecule has 0 amide bonds. The van der Waals surface area contributed by atoms with Crippen LogP contribution in [0, 0.1) is 0 Å². The zero-order chi connectivity index (χ0) is 11.6. The fraction of sp³-hybridized carbons (Fsp3) is 1.00. The van der Waals surface area contributed by atoms with Gasteiger partial charge in [0.1, 0.15) is 0 Å². The van der Waals surface area contributed by atoms with E-state index in [4.69, 9.17) is 4.74 Å². The van der Waals surface area contributed by atoms with Crippen molar-refractivity contribution in [2.45, 2.75) is 45.6 Å². The minimum atomic E-state index is 0.248. The molecule has 0 aromatic rings. The average Bonchev–Trinajstić information content (AvgIpc) is 2.14. The van der Waals surface area contributed by atoms with E-state index in [1.54, 1.807) is 7.11 Å². The van der Waals surface area contributed by atoms with E-state index in [1.807, 2.05) is 0 Å². The van der Waals surface area contributed by atoms with Crippen molar-refractivity contribution in [1.29, 1.82) is 0 Å². The molecule has 0 heterocycles. The molecule has 0 saturated carbocycles. The maximum Gasteiger partial charge on any atom is 0.0462 e. The average molecular weight is 216 g/mol. The summed E-state index contributed by atoms with van der Waals surface area (Å²) in [4.78, 5) is 0. The molecular formula is C12H28N2O. The molecular weight excluding hydrogens is 188 g/mol. The Morgan fingerprint density at radius 2 is 1.60 bits per heavy atom. The molecule has 0 aliphatic heterocycles. The van der Waals surface area contributed by atoms with Crippen LogP contribution in [0.25, 0.3) is 0 Å². The molecule has 0 aliphatic carbocycles. The van der Waals surface area contributed by atoms with Gasteiger partial charge in [-0.05, 0) is 59.7 Å². The van der Waals surface area contributed by atoms with Gasteiger partial charge in [0.15, 0.2) is 0 Å². The Hall–Kier alpha value is -0.120. The second kappa shape index (κ2) is 9.13. The van der Waals surface area contributed by atoms with Gasteiger partial charge in [-0.3, -0.25) is 0 Å². The lowest BCUT2D eigenvalue weighted by atomic mass is 10.1. The summed E-state index contributed by atoms with van der Waals surface area (Å²) < 4.78 is 4.99. The highest BCUT2D eigenvalue weighted by Gasteiger charge is 2.06. The molecule has 0 saturated heterocycles. The van der Waals surface area contributed by atoms with Crippen LogP contribution < -0.4 is 10.6 Å². The zero-order valence-corrected chi connectivity index (χ0v) is 10.9. The van der Waals surface area contributed by atoms with Crippen molar-refractivity contribution >= 4 is 0 Å². The van der Waals surface area contributed by atoms with Crippen LogP contribution in [-0.4, -0.2) is 38.9 Å². The lowest BCUT2D eigenvalue weighted by molar-refractivity contribution is 0.192.